The Morgan fingerprint density at radius 3 is 2.50 bits per heavy atom. The summed E-state index contributed by atoms with van der Waals surface area (Å²) in [4.78, 5) is 5.15. The van der Waals surface area contributed by atoms with Crippen LogP contribution in [0.5, 0.6) is 0 Å². The number of nitrogens with zero attached hydrogens (tertiary/aromatic N) is 2. The fourth-order valence-electron chi connectivity index (χ4n) is 4.48. The molecular formula is C21H40N2O2S. The van der Waals surface area contributed by atoms with E-state index in [-0.39, 0.29) is 0 Å². The lowest BCUT2D eigenvalue weighted by atomic mass is 9.99. The summed E-state index contributed by atoms with van der Waals surface area (Å²) >= 11 is 2.10. The van der Waals surface area contributed by atoms with Crippen LogP contribution in [-0.4, -0.2) is 86.0 Å². The lowest BCUT2D eigenvalue weighted by molar-refractivity contribution is 0.0109. The summed E-state index contributed by atoms with van der Waals surface area (Å²) in [6, 6.07) is 0.585. The van der Waals surface area contributed by atoms with Crippen LogP contribution < -0.4 is 0 Å². The second-order valence-electron chi connectivity index (χ2n) is 9.32. The smallest absolute Gasteiger partial charge is 0.0625 e. The van der Waals surface area contributed by atoms with E-state index in [4.69, 9.17) is 9.47 Å². The molecule has 0 aromatic heterocycles. The molecule has 3 unspecified atom stereocenters. The van der Waals surface area contributed by atoms with Crippen molar-refractivity contribution in [1.82, 2.24) is 9.80 Å². The zero-order valence-corrected chi connectivity index (χ0v) is 18.2. The molecule has 0 radical (unpaired) electrons. The molecule has 2 saturated heterocycles. The second kappa shape index (κ2) is 9.60. The Hall–Kier alpha value is 0.190. The van der Waals surface area contributed by atoms with Crippen molar-refractivity contribution in [3.63, 3.8) is 0 Å². The van der Waals surface area contributed by atoms with E-state index < -0.39 is 0 Å². The largest absolute Gasteiger partial charge is 0.378 e. The van der Waals surface area contributed by atoms with Crippen LogP contribution in [-0.2, 0) is 9.47 Å². The summed E-state index contributed by atoms with van der Waals surface area (Å²) in [5, 5.41) is 0. The molecule has 3 fully saturated rings. The predicted octanol–water partition coefficient (Wildman–Crippen LogP) is 3.36. The van der Waals surface area contributed by atoms with Crippen LogP contribution in [0.25, 0.3) is 0 Å². The Balaban J connectivity index is 1.34. The third kappa shape index (κ3) is 6.37. The summed E-state index contributed by atoms with van der Waals surface area (Å²) in [7, 11) is 2.25. The zero-order valence-electron chi connectivity index (χ0n) is 17.4. The van der Waals surface area contributed by atoms with Gasteiger partial charge in [-0.3, -0.25) is 0 Å². The maximum atomic E-state index is 6.36. The maximum Gasteiger partial charge on any atom is 0.0625 e. The second-order valence-corrected chi connectivity index (χ2v) is 10.5. The number of hydrogen-bond donors (Lipinski definition) is 0. The zero-order chi connectivity index (χ0) is 18.6. The van der Waals surface area contributed by atoms with Crippen LogP contribution in [0, 0.1) is 11.3 Å². The first kappa shape index (κ1) is 20.9. The Bertz CT molecular complexity index is 424. The molecular weight excluding hydrogens is 344 g/mol. The van der Waals surface area contributed by atoms with Crippen molar-refractivity contribution in [2.45, 2.75) is 64.7 Å². The highest BCUT2D eigenvalue weighted by Crippen LogP contribution is 2.47. The van der Waals surface area contributed by atoms with Gasteiger partial charge in [-0.15, -0.1) is 0 Å². The molecule has 0 aromatic carbocycles. The summed E-state index contributed by atoms with van der Waals surface area (Å²) in [5.41, 5.74) is 0.483. The minimum absolute atomic E-state index is 0.331. The first-order chi connectivity index (χ1) is 12.5. The van der Waals surface area contributed by atoms with Gasteiger partial charge in [0.1, 0.15) is 0 Å². The molecule has 26 heavy (non-hydrogen) atoms. The third-order valence-electron chi connectivity index (χ3n) is 6.36. The van der Waals surface area contributed by atoms with Crippen LogP contribution in [0.2, 0.25) is 0 Å². The quantitative estimate of drug-likeness (QED) is 0.575. The highest BCUT2D eigenvalue weighted by molar-refractivity contribution is 7.99. The molecule has 0 spiro atoms. The first-order valence-electron chi connectivity index (χ1n) is 10.7. The fraction of sp³-hybridized carbons (Fsp3) is 1.00. The molecule has 0 bridgehead atoms. The van der Waals surface area contributed by atoms with E-state index in [0.717, 1.165) is 19.1 Å². The number of hydrogen-bond acceptors (Lipinski definition) is 5. The van der Waals surface area contributed by atoms with Gasteiger partial charge in [0.25, 0.3) is 0 Å². The SMILES string of the molecule is CC(C)OCC1CC(CC(C)OCC2(CN3CCSCC3)CC2)CN1C. The number of ether oxygens (including phenoxy) is 2. The van der Waals surface area contributed by atoms with E-state index in [0.29, 0.717) is 23.7 Å². The van der Waals surface area contributed by atoms with E-state index in [1.165, 1.54) is 63.4 Å². The predicted molar refractivity (Wildman–Crippen MR) is 111 cm³/mol. The Kier molecular flexibility index (Phi) is 7.72. The van der Waals surface area contributed by atoms with Gasteiger partial charge in [0.15, 0.2) is 0 Å². The lowest BCUT2D eigenvalue weighted by Crippen LogP contribution is -2.38. The molecule has 1 aliphatic carbocycles. The van der Waals surface area contributed by atoms with Crippen LogP contribution in [0.1, 0.15) is 46.5 Å². The van der Waals surface area contributed by atoms with Gasteiger partial charge in [0.05, 0.1) is 25.4 Å². The van der Waals surface area contributed by atoms with Crippen molar-refractivity contribution in [3.05, 3.63) is 0 Å². The van der Waals surface area contributed by atoms with Crippen molar-refractivity contribution in [1.29, 1.82) is 0 Å². The number of likely N-dealkylation sites (N-methyl/N-ethyl adjacent to an activating group) is 1. The van der Waals surface area contributed by atoms with Gasteiger partial charge < -0.3 is 19.3 Å². The Morgan fingerprint density at radius 2 is 1.85 bits per heavy atom. The molecule has 2 aliphatic heterocycles. The number of thioether (sulfide) groups is 1. The number of likely N-dealkylation sites (tertiary alicyclic amines) is 1. The monoisotopic (exact) mass is 384 g/mol. The Morgan fingerprint density at radius 1 is 1.12 bits per heavy atom. The van der Waals surface area contributed by atoms with Crippen molar-refractivity contribution < 1.29 is 9.47 Å². The van der Waals surface area contributed by atoms with Crippen LogP contribution in [0.3, 0.4) is 0 Å². The van der Waals surface area contributed by atoms with E-state index in [1.807, 2.05) is 0 Å². The van der Waals surface area contributed by atoms with Crippen molar-refractivity contribution in [2.24, 2.45) is 11.3 Å². The molecule has 0 amide bonds. The van der Waals surface area contributed by atoms with Gasteiger partial charge in [-0.25, -0.2) is 0 Å². The standard InChI is InChI=1S/C21H40N2O2S/c1-17(2)24-14-20-12-19(13-22(20)4)11-18(3)25-16-21(5-6-21)15-23-7-9-26-10-8-23/h17-20H,5-16H2,1-4H3. The molecule has 3 aliphatic rings. The van der Waals surface area contributed by atoms with Crippen LogP contribution in [0.15, 0.2) is 0 Å². The summed E-state index contributed by atoms with van der Waals surface area (Å²) in [5.74, 6) is 3.37. The lowest BCUT2D eigenvalue weighted by Gasteiger charge is -2.31. The molecule has 0 aromatic rings. The fourth-order valence-corrected chi connectivity index (χ4v) is 5.46. The molecule has 152 valence electrons. The van der Waals surface area contributed by atoms with E-state index >= 15 is 0 Å². The van der Waals surface area contributed by atoms with E-state index in [9.17, 15) is 0 Å². The van der Waals surface area contributed by atoms with Crippen molar-refractivity contribution in [2.75, 3.05) is 57.9 Å². The van der Waals surface area contributed by atoms with Gasteiger partial charge in [0, 0.05) is 49.1 Å². The van der Waals surface area contributed by atoms with Gasteiger partial charge in [-0.2, -0.15) is 11.8 Å². The van der Waals surface area contributed by atoms with Gasteiger partial charge in [-0.05, 0) is 59.4 Å². The van der Waals surface area contributed by atoms with Crippen LogP contribution in [0.4, 0.5) is 0 Å². The minimum Gasteiger partial charge on any atom is -0.378 e. The van der Waals surface area contributed by atoms with Gasteiger partial charge in [0.2, 0.25) is 0 Å². The highest BCUT2D eigenvalue weighted by atomic mass is 32.2. The molecule has 2 heterocycles. The molecule has 4 nitrogen and oxygen atoms in total. The normalized spacial score (nSPS) is 30.8. The average Bonchev–Trinajstić information content (AvgIpc) is 3.28. The molecule has 3 atom stereocenters. The summed E-state index contributed by atoms with van der Waals surface area (Å²) < 4.78 is 12.2. The van der Waals surface area contributed by atoms with Crippen molar-refractivity contribution >= 4 is 11.8 Å². The summed E-state index contributed by atoms with van der Waals surface area (Å²) in [6.07, 6.45) is 5.89. The molecule has 5 heteroatoms. The van der Waals surface area contributed by atoms with Crippen molar-refractivity contribution in [3.8, 4) is 0 Å². The van der Waals surface area contributed by atoms with E-state index in [1.54, 1.807) is 0 Å². The van der Waals surface area contributed by atoms with Gasteiger partial charge in [-0.1, -0.05) is 0 Å². The summed E-state index contributed by atoms with van der Waals surface area (Å²) in [6.45, 7) is 13.4. The average molecular weight is 385 g/mol. The Labute approximate surface area is 165 Å². The topological polar surface area (TPSA) is 24.9 Å². The number of rotatable bonds is 10. The van der Waals surface area contributed by atoms with E-state index in [2.05, 4.69) is 49.4 Å². The molecule has 0 N–H and O–H groups in total. The van der Waals surface area contributed by atoms with Crippen LogP contribution >= 0.6 is 11.8 Å². The third-order valence-corrected chi connectivity index (χ3v) is 7.30. The highest BCUT2D eigenvalue weighted by Gasteiger charge is 2.44. The maximum absolute atomic E-state index is 6.36. The minimum atomic E-state index is 0.331. The first-order valence-corrected chi connectivity index (χ1v) is 11.8. The molecule has 3 rings (SSSR count). The van der Waals surface area contributed by atoms with Gasteiger partial charge >= 0.3 is 0 Å². The molecule has 1 saturated carbocycles.